The van der Waals surface area contributed by atoms with Crippen molar-refractivity contribution in [3.05, 3.63) is 112 Å². The van der Waals surface area contributed by atoms with E-state index in [1.54, 1.807) is 0 Å². The average Bonchev–Trinajstić information content (AvgIpc) is 2.71. The van der Waals surface area contributed by atoms with Crippen LogP contribution in [0.3, 0.4) is 0 Å². The van der Waals surface area contributed by atoms with Crippen molar-refractivity contribution in [3.63, 3.8) is 0 Å². The standard InChI is InChI=1S/C26H22O2/c1-25-19-5-4-6-20(25)14-16-23-22(15-13-21(12-11-19)26(23,25)2)17-7-9-18(10-8-17)24(27)28-3/h4-16H,1-3H3/t25-,26-/m1/s1. The van der Waals surface area contributed by atoms with Crippen LogP contribution in [0.4, 0.5) is 0 Å². The molecular formula is C26H22O2. The number of methoxy groups -OCH3 is 1. The Kier molecular flexibility index (Phi) is 3.45. The summed E-state index contributed by atoms with van der Waals surface area (Å²) in [4.78, 5) is 11.8. The molecule has 0 heterocycles. The third-order valence-electron chi connectivity index (χ3n) is 7.03. The summed E-state index contributed by atoms with van der Waals surface area (Å²) in [6.45, 7) is 4.73. The van der Waals surface area contributed by atoms with E-state index in [-0.39, 0.29) is 16.8 Å². The van der Waals surface area contributed by atoms with E-state index >= 15 is 0 Å². The van der Waals surface area contributed by atoms with Crippen molar-refractivity contribution < 1.29 is 9.53 Å². The van der Waals surface area contributed by atoms with E-state index in [4.69, 9.17) is 4.74 Å². The molecule has 2 nitrogen and oxygen atoms in total. The van der Waals surface area contributed by atoms with Gasteiger partial charge in [0.1, 0.15) is 0 Å². The molecule has 0 saturated heterocycles. The summed E-state index contributed by atoms with van der Waals surface area (Å²) < 4.78 is 4.83. The molecule has 0 bridgehead atoms. The van der Waals surface area contributed by atoms with Crippen LogP contribution in [0.5, 0.6) is 0 Å². The van der Waals surface area contributed by atoms with Gasteiger partial charge in [-0.1, -0.05) is 80.7 Å². The minimum Gasteiger partial charge on any atom is -0.465 e. The molecular weight excluding hydrogens is 344 g/mol. The lowest BCUT2D eigenvalue weighted by molar-refractivity contribution is 0.0600. The van der Waals surface area contributed by atoms with Gasteiger partial charge in [-0.3, -0.25) is 0 Å². The molecule has 0 saturated carbocycles. The summed E-state index contributed by atoms with van der Waals surface area (Å²) in [6, 6.07) is 7.70. The van der Waals surface area contributed by atoms with Crippen molar-refractivity contribution >= 4 is 11.5 Å². The van der Waals surface area contributed by atoms with Gasteiger partial charge in [-0.05, 0) is 45.6 Å². The van der Waals surface area contributed by atoms with Gasteiger partial charge in [0, 0.05) is 10.8 Å². The van der Waals surface area contributed by atoms with E-state index < -0.39 is 0 Å². The van der Waals surface area contributed by atoms with Crippen LogP contribution in [-0.4, -0.2) is 13.1 Å². The fourth-order valence-corrected chi connectivity index (χ4v) is 5.18. The summed E-state index contributed by atoms with van der Waals surface area (Å²) >= 11 is 0. The molecule has 0 amide bonds. The van der Waals surface area contributed by atoms with Gasteiger partial charge in [0.2, 0.25) is 0 Å². The van der Waals surface area contributed by atoms with Crippen LogP contribution in [0.15, 0.2) is 101 Å². The molecule has 1 aromatic carbocycles. The number of ether oxygens (including phenoxy) is 1. The lowest BCUT2D eigenvalue weighted by Crippen LogP contribution is -2.47. The van der Waals surface area contributed by atoms with Crippen molar-refractivity contribution in [1.82, 2.24) is 0 Å². The molecule has 0 aromatic heterocycles. The Morgan fingerprint density at radius 2 is 1.43 bits per heavy atom. The topological polar surface area (TPSA) is 26.3 Å². The smallest absolute Gasteiger partial charge is 0.337 e. The normalized spacial score (nSPS) is 29.0. The third kappa shape index (κ3) is 1.95. The lowest BCUT2D eigenvalue weighted by Gasteiger charge is -2.56. The maximum atomic E-state index is 11.8. The van der Waals surface area contributed by atoms with Crippen LogP contribution in [0, 0.1) is 10.8 Å². The molecule has 5 rings (SSSR count). The molecule has 0 N–H and O–H groups in total. The summed E-state index contributed by atoms with van der Waals surface area (Å²) in [6.07, 6.45) is 20.1. The van der Waals surface area contributed by atoms with Gasteiger partial charge in [-0.2, -0.15) is 0 Å². The van der Waals surface area contributed by atoms with Crippen molar-refractivity contribution in [2.24, 2.45) is 10.8 Å². The summed E-state index contributed by atoms with van der Waals surface area (Å²) in [5.41, 5.74) is 8.06. The Morgan fingerprint density at radius 3 is 2.14 bits per heavy atom. The molecule has 4 aliphatic rings. The number of hydrogen-bond acceptors (Lipinski definition) is 2. The molecule has 4 aliphatic carbocycles. The molecule has 2 atom stereocenters. The monoisotopic (exact) mass is 366 g/mol. The van der Waals surface area contributed by atoms with Crippen molar-refractivity contribution in [2.45, 2.75) is 13.8 Å². The maximum absolute atomic E-state index is 11.8. The van der Waals surface area contributed by atoms with E-state index in [1.165, 1.54) is 35.0 Å². The highest BCUT2D eigenvalue weighted by atomic mass is 16.5. The molecule has 0 unspecified atom stereocenters. The average molecular weight is 366 g/mol. The van der Waals surface area contributed by atoms with Crippen LogP contribution in [0.25, 0.3) is 5.57 Å². The highest BCUT2D eigenvalue weighted by Gasteiger charge is 2.56. The first-order valence-corrected chi connectivity index (χ1v) is 9.61. The van der Waals surface area contributed by atoms with Crippen molar-refractivity contribution in [2.75, 3.05) is 7.11 Å². The lowest BCUT2D eigenvalue weighted by atomic mass is 9.46. The molecule has 1 aromatic rings. The number of allylic oxidation sites excluding steroid dienone is 14. The summed E-state index contributed by atoms with van der Waals surface area (Å²) in [5.74, 6) is -0.309. The predicted molar refractivity (Wildman–Crippen MR) is 113 cm³/mol. The van der Waals surface area contributed by atoms with E-state index in [0.717, 1.165) is 5.56 Å². The van der Waals surface area contributed by atoms with E-state index in [2.05, 4.69) is 68.5 Å². The van der Waals surface area contributed by atoms with Gasteiger partial charge in [0.25, 0.3) is 0 Å². The Hall–Kier alpha value is -3.13. The zero-order valence-electron chi connectivity index (χ0n) is 16.3. The number of benzene rings is 1. The molecule has 2 heteroatoms. The van der Waals surface area contributed by atoms with Crippen LogP contribution in [0.1, 0.15) is 29.8 Å². The van der Waals surface area contributed by atoms with Crippen LogP contribution >= 0.6 is 0 Å². The first-order chi connectivity index (χ1) is 13.5. The summed E-state index contributed by atoms with van der Waals surface area (Å²) in [7, 11) is 1.41. The maximum Gasteiger partial charge on any atom is 0.337 e. The number of carbonyl (C=O) groups is 1. The van der Waals surface area contributed by atoms with Crippen molar-refractivity contribution in [1.29, 1.82) is 0 Å². The molecule has 0 radical (unpaired) electrons. The Bertz CT molecular complexity index is 1120. The van der Waals surface area contributed by atoms with Gasteiger partial charge in [-0.25, -0.2) is 4.79 Å². The number of esters is 1. The Labute approximate surface area is 165 Å². The van der Waals surface area contributed by atoms with Gasteiger partial charge >= 0.3 is 5.97 Å². The Balaban J connectivity index is 1.72. The van der Waals surface area contributed by atoms with Gasteiger partial charge in [0.05, 0.1) is 12.7 Å². The molecule has 0 spiro atoms. The second-order valence-corrected chi connectivity index (χ2v) is 8.04. The number of hydrogen-bond donors (Lipinski definition) is 0. The predicted octanol–water partition coefficient (Wildman–Crippen LogP) is 5.74. The van der Waals surface area contributed by atoms with Crippen molar-refractivity contribution in [3.8, 4) is 0 Å². The summed E-state index contributed by atoms with van der Waals surface area (Å²) in [5, 5.41) is 0. The second kappa shape index (κ2) is 5.68. The fourth-order valence-electron chi connectivity index (χ4n) is 5.18. The van der Waals surface area contributed by atoms with Crippen LogP contribution in [0.2, 0.25) is 0 Å². The number of carbonyl (C=O) groups excluding carboxylic acids is 1. The van der Waals surface area contributed by atoms with E-state index in [1.807, 2.05) is 24.3 Å². The van der Waals surface area contributed by atoms with E-state index in [9.17, 15) is 4.79 Å². The molecule has 0 fully saturated rings. The first-order valence-electron chi connectivity index (χ1n) is 9.61. The van der Waals surface area contributed by atoms with Gasteiger partial charge in [0.15, 0.2) is 0 Å². The SMILES string of the molecule is COC(=O)c1ccc(C2=C3C=CC4=CC=CC5=CC=C(C=C2)[C@@]3(C)[C@@]45C)cc1. The van der Waals surface area contributed by atoms with Gasteiger partial charge < -0.3 is 4.74 Å². The zero-order chi connectivity index (χ0) is 19.5. The third-order valence-corrected chi connectivity index (χ3v) is 7.03. The highest BCUT2D eigenvalue weighted by Crippen LogP contribution is 2.65. The molecule has 28 heavy (non-hydrogen) atoms. The number of rotatable bonds is 2. The van der Waals surface area contributed by atoms with Crippen LogP contribution in [-0.2, 0) is 4.74 Å². The quantitative estimate of drug-likeness (QED) is 0.624. The molecule has 138 valence electrons. The highest BCUT2D eigenvalue weighted by molar-refractivity contribution is 5.91. The fraction of sp³-hybridized carbons (Fsp3) is 0.192. The van der Waals surface area contributed by atoms with E-state index in [0.29, 0.717) is 5.56 Å². The first kappa shape index (κ1) is 17.0. The Morgan fingerprint density at radius 1 is 0.786 bits per heavy atom. The van der Waals surface area contributed by atoms with Crippen LogP contribution < -0.4 is 0 Å². The minimum absolute atomic E-state index is 0.0854. The minimum atomic E-state index is -0.309. The molecule has 0 aliphatic heterocycles. The zero-order valence-corrected chi connectivity index (χ0v) is 16.3. The second-order valence-electron chi connectivity index (χ2n) is 8.04. The largest absolute Gasteiger partial charge is 0.465 e. The van der Waals surface area contributed by atoms with Gasteiger partial charge in [-0.15, -0.1) is 0 Å².